The maximum Gasteiger partial charge on any atom is 0.303 e. The van der Waals surface area contributed by atoms with Crippen molar-refractivity contribution in [2.24, 2.45) is 11.8 Å². The van der Waals surface area contributed by atoms with E-state index in [0.717, 1.165) is 36.0 Å². The summed E-state index contributed by atoms with van der Waals surface area (Å²) in [5, 5.41) is 10.7. The minimum Gasteiger partial charge on any atom is -0.497 e. The molecule has 7 heteroatoms. The Morgan fingerprint density at radius 2 is 2.11 bits per heavy atom. The number of carboxylic acid groups (broad SMARTS) is 1. The van der Waals surface area contributed by atoms with Crippen LogP contribution < -0.4 is 4.74 Å². The van der Waals surface area contributed by atoms with Gasteiger partial charge in [-0.15, -0.1) is 0 Å². The molecule has 0 aliphatic carbocycles. The number of alkyl halides is 1. The maximum absolute atomic E-state index is 15.5. The number of hydrogen-bond acceptors (Lipinski definition) is 4. The minimum absolute atomic E-state index is 0.122. The molecule has 0 bridgehead atoms. The highest BCUT2D eigenvalue weighted by Gasteiger charge is 2.30. The quantitative estimate of drug-likeness (QED) is 0.323. The molecule has 1 aromatic heterocycles. The summed E-state index contributed by atoms with van der Waals surface area (Å²) >= 11 is 6.04. The molecular weight excluding hydrogens is 491 g/mol. The first kappa shape index (κ1) is 26.9. The van der Waals surface area contributed by atoms with Crippen molar-refractivity contribution in [3.05, 3.63) is 70.9 Å². The van der Waals surface area contributed by atoms with Gasteiger partial charge in [0.15, 0.2) is 0 Å². The number of piperidine rings is 1. The van der Waals surface area contributed by atoms with Gasteiger partial charge in [0, 0.05) is 35.1 Å². The third-order valence-corrected chi connectivity index (χ3v) is 7.41. The van der Waals surface area contributed by atoms with Crippen LogP contribution in [0.4, 0.5) is 4.39 Å². The number of aliphatic carboxylic acids is 1. The van der Waals surface area contributed by atoms with E-state index in [1.165, 1.54) is 0 Å². The number of carboxylic acids is 1. The number of carbonyl (C=O) groups is 1. The van der Waals surface area contributed by atoms with Crippen LogP contribution in [-0.4, -0.2) is 47.7 Å². The van der Waals surface area contributed by atoms with Gasteiger partial charge in [-0.05, 0) is 92.1 Å². The Hall–Kier alpha value is -3.14. The number of halogens is 2. The molecule has 0 saturated carbocycles. The summed E-state index contributed by atoms with van der Waals surface area (Å²) in [6.07, 6.45) is 3.23. The van der Waals surface area contributed by atoms with Crippen molar-refractivity contribution in [3.8, 4) is 17.6 Å². The van der Waals surface area contributed by atoms with Crippen molar-refractivity contribution >= 4 is 28.5 Å². The summed E-state index contributed by atoms with van der Waals surface area (Å²) in [5.41, 5.74) is 2.24. The zero-order valence-electron chi connectivity index (χ0n) is 21.0. The monoisotopic (exact) mass is 522 g/mol. The molecule has 4 rings (SSSR count). The summed E-state index contributed by atoms with van der Waals surface area (Å²) in [7, 11) is 1.59. The van der Waals surface area contributed by atoms with Gasteiger partial charge in [-0.3, -0.25) is 14.7 Å². The molecule has 1 fully saturated rings. The van der Waals surface area contributed by atoms with E-state index < -0.39 is 12.1 Å². The molecule has 1 aliphatic rings. The highest BCUT2D eigenvalue weighted by molar-refractivity contribution is 6.30. The van der Waals surface area contributed by atoms with E-state index >= 15 is 4.39 Å². The van der Waals surface area contributed by atoms with Crippen LogP contribution in [0.15, 0.2) is 54.7 Å². The first-order chi connectivity index (χ1) is 17.9. The normalized spacial score (nSPS) is 18.7. The Labute approximate surface area is 222 Å². The van der Waals surface area contributed by atoms with Gasteiger partial charge in [0.1, 0.15) is 11.9 Å². The molecule has 1 aliphatic heterocycles. The summed E-state index contributed by atoms with van der Waals surface area (Å²) in [5.74, 6) is 6.73. The molecule has 3 aromatic rings. The Balaban J connectivity index is 1.39. The third-order valence-electron chi connectivity index (χ3n) is 7.18. The number of fused-ring (bicyclic) bond motifs is 1. The van der Waals surface area contributed by atoms with Crippen molar-refractivity contribution in [2.45, 2.75) is 38.3 Å². The van der Waals surface area contributed by atoms with Crippen molar-refractivity contribution in [2.75, 3.05) is 26.7 Å². The number of pyridine rings is 1. The molecule has 1 unspecified atom stereocenters. The van der Waals surface area contributed by atoms with E-state index in [1.807, 2.05) is 42.5 Å². The fourth-order valence-corrected chi connectivity index (χ4v) is 5.39. The van der Waals surface area contributed by atoms with Crippen LogP contribution >= 0.6 is 11.6 Å². The second kappa shape index (κ2) is 12.9. The van der Waals surface area contributed by atoms with E-state index in [2.05, 4.69) is 21.7 Å². The molecule has 1 saturated heterocycles. The van der Waals surface area contributed by atoms with Crippen molar-refractivity contribution in [1.29, 1.82) is 0 Å². The topological polar surface area (TPSA) is 62.7 Å². The lowest BCUT2D eigenvalue weighted by atomic mass is 9.79. The third kappa shape index (κ3) is 7.44. The largest absolute Gasteiger partial charge is 0.497 e. The fraction of sp³-hybridized carbons (Fsp3) is 0.400. The van der Waals surface area contributed by atoms with E-state index in [0.29, 0.717) is 42.1 Å². The number of benzene rings is 2. The molecule has 5 nitrogen and oxygen atoms in total. The predicted octanol–water partition coefficient (Wildman–Crippen LogP) is 6.54. The number of likely N-dealkylation sites (tertiary alicyclic amines) is 1. The second-order valence-electron chi connectivity index (χ2n) is 9.62. The van der Waals surface area contributed by atoms with Crippen LogP contribution in [0.1, 0.15) is 49.4 Å². The molecule has 1 N–H and O–H groups in total. The lowest BCUT2D eigenvalue weighted by Gasteiger charge is -2.38. The molecule has 37 heavy (non-hydrogen) atoms. The summed E-state index contributed by atoms with van der Waals surface area (Å²) in [6.45, 7) is 2.25. The number of nitrogens with zero attached hydrogens (tertiary/aromatic N) is 2. The van der Waals surface area contributed by atoms with Gasteiger partial charge in [-0.1, -0.05) is 29.5 Å². The number of hydrogen-bond donors (Lipinski definition) is 1. The number of methoxy groups -OCH3 is 1. The molecule has 2 aromatic carbocycles. The summed E-state index contributed by atoms with van der Waals surface area (Å²) < 4.78 is 20.9. The van der Waals surface area contributed by atoms with Crippen LogP contribution in [0, 0.1) is 23.7 Å². The lowest BCUT2D eigenvalue weighted by Crippen LogP contribution is -2.41. The number of rotatable bonds is 9. The summed E-state index contributed by atoms with van der Waals surface area (Å²) in [4.78, 5) is 17.9. The van der Waals surface area contributed by atoms with Gasteiger partial charge in [-0.2, -0.15) is 0 Å². The van der Waals surface area contributed by atoms with E-state index in [9.17, 15) is 9.90 Å². The first-order valence-electron chi connectivity index (χ1n) is 12.7. The number of ether oxygens (including phenoxy) is 1. The Bertz CT molecular complexity index is 1290. The van der Waals surface area contributed by atoms with E-state index in [-0.39, 0.29) is 18.3 Å². The van der Waals surface area contributed by atoms with Crippen LogP contribution in [0.5, 0.6) is 5.75 Å². The first-order valence-corrected chi connectivity index (χ1v) is 13.1. The van der Waals surface area contributed by atoms with Gasteiger partial charge in [0.2, 0.25) is 0 Å². The van der Waals surface area contributed by atoms with Crippen LogP contribution in [0.25, 0.3) is 10.9 Å². The van der Waals surface area contributed by atoms with Gasteiger partial charge in [0.05, 0.1) is 19.2 Å². The fourth-order valence-electron chi connectivity index (χ4n) is 5.20. The molecule has 0 spiro atoms. The molecule has 0 amide bonds. The van der Waals surface area contributed by atoms with Crippen LogP contribution in [-0.2, 0) is 4.79 Å². The van der Waals surface area contributed by atoms with Gasteiger partial charge >= 0.3 is 5.97 Å². The zero-order valence-corrected chi connectivity index (χ0v) is 21.8. The van der Waals surface area contributed by atoms with Crippen molar-refractivity contribution in [3.63, 3.8) is 0 Å². The van der Waals surface area contributed by atoms with Gasteiger partial charge in [0.25, 0.3) is 0 Å². The SMILES string of the molecule is COc1ccc2nccc(C(F)CC[C@@H]3CCN(CC#Cc4cccc(Cl)c4)C[C@@H]3CCC(=O)O)c2c1. The van der Waals surface area contributed by atoms with Crippen molar-refractivity contribution < 1.29 is 19.0 Å². The minimum atomic E-state index is -1.13. The average Bonchev–Trinajstić information content (AvgIpc) is 2.90. The molecule has 3 atom stereocenters. The Morgan fingerprint density at radius 1 is 1.24 bits per heavy atom. The van der Waals surface area contributed by atoms with Gasteiger partial charge in [-0.25, -0.2) is 4.39 Å². The summed E-state index contributed by atoms with van der Waals surface area (Å²) in [6, 6.07) is 14.7. The predicted molar refractivity (Wildman–Crippen MR) is 145 cm³/mol. The molecule has 2 heterocycles. The molecule has 0 radical (unpaired) electrons. The average molecular weight is 523 g/mol. The van der Waals surface area contributed by atoms with E-state index in [4.69, 9.17) is 16.3 Å². The standard InChI is InChI=1S/C30H32ClFN2O3/c1-37-25-9-11-29-27(19-25)26(13-15-33-29)28(32)10-7-22-14-17-34(20-23(22)8-12-30(35)36)16-3-5-21-4-2-6-24(31)18-21/h2,4,6,9,11,13,15,18-19,22-23,28H,7-8,10,12,14,16-17,20H2,1H3,(H,35,36)/t22-,23+,28?/m1/s1. The van der Waals surface area contributed by atoms with Gasteiger partial charge < -0.3 is 9.84 Å². The van der Waals surface area contributed by atoms with Crippen LogP contribution in [0.3, 0.4) is 0 Å². The molecular formula is C30H32ClFN2O3. The Morgan fingerprint density at radius 3 is 2.89 bits per heavy atom. The Kier molecular flexibility index (Phi) is 9.38. The maximum atomic E-state index is 15.5. The zero-order chi connectivity index (χ0) is 26.2. The van der Waals surface area contributed by atoms with Crippen LogP contribution in [0.2, 0.25) is 5.02 Å². The molecule has 194 valence electrons. The van der Waals surface area contributed by atoms with Crippen molar-refractivity contribution in [1.82, 2.24) is 9.88 Å². The smallest absolute Gasteiger partial charge is 0.303 e. The number of aromatic nitrogens is 1. The lowest BCUT2D eigenvalue weighted by molar-refractivity contribution is -0.137. The second-order valence-corrected chi connectivity index (χ2v) is 10.1. The highest BCUT2D eigenvalue weighted by Crippen LogP contribution is 2.36. The van der Waals surface area contributed by atoms with E-state index in [1.54, 1.807) is 19.4 Å². The highest BCUT2D eigenvalue weighted by atomic mass is 35.5.